The van der Waals surface area contributed by atoms with Gasteiger partial charge in [-0.3, -0.25) is 0 Å². The molecule has 2 aliphatic rings. The molecule has 0 amide bonds. The molecular formula is C19H28N4OS. The number of aromatic nitrogens is 2. The second kappa shape index (κ2) is 7.98. The Balaban J connectivity index is 1.25. The second-order valence-electron chi connectivity index (χ2n) is 7.38. The number of aryl methyl sites for hydroxylation is 1. The summed E-state index contributed by atoms with van der Waals surface area (Å²) in [6.07, 6.45) is 7.95. The number of nitrogens with zero attached hydrogens (tertiary/aromatic N) is 3. The van der Waals surface area contributed by atoms with Crippen molar-refractivity contribution in [3.8, 4) is 0 Å². The van der Waals surface area contributed by atoms with E-state index in [9.17, 15) is 0 Å². The summed E-state index contributed by atoms with van der Waals surface area (Å²) in [5.41, 5.74) is 2.37. The zero-order valence-electron chi connectivity index (χ0n) is 15.0. The maximum atomic E-state index is 5.45. The molecule has 0 saturated carbocycles. The van der Waals surface area contributed by atoms with Crippen LogP contribution in [0.3, 0.4) is 0 Å². The SMILES string of the molecule is Cc1csc2c(N3CCC(NCCC[C@H]4CCOC4)CC3)ncnc12. The first-order valence-corrected chi connectivity index (χ1v) is 10.4. The van der Waals surface area contributed by atoms with Gasteiger partial charge in [-0.15, -0.1) is 11.3 Å². The molecule has 0 radical (unpaired) electrons. The lowest BCUT2D eigenvalue weighted by Gasteiger charge is -2.33. The van der Waals surface area contributed by atoms with Gasteiger partial charge >= 0.3 is 0 Å². The van der Waals surface area contributed by atoms with E-state index in [0.717, 1.165) is 50.1 Å². The van der Waals surface area contributed by atoms with E-state index >= 15 is 0 Å². The summed E-state index contributed by atoms with van der Waals surface area (Å²) in [5.74, 6) is 1.93. The molecular weight excluding hydrogens is 332 g/mol. The molecule has 0 bridgehead atoms. The number of hydrogen-bond donors (Lipinski definition) is 1. The van der Waals surface area contributed by atoms with Gasteiger partial charge < -0.3 is 15.0 Å². The Labute approximate surface area is 153 Å². The van der Waals surface area contributed by atoms with Gasteiger partial charge in [0.05, 0.1) is 10.2 Å². The molecule has 6 heteroatoms. The predicted molar refractivity (Wildman–Crippen MR) is 104 cm³/mol. The van der Waals surface area contributed by atoms with Crippen LogP contribution in [0.15, 0.2) is 11.7 Å². The summed E-state index contributed by atoms with van der Waals surface area (Å²) < 4.78 is 6.70. The lowest BCUT2D eigenvalue weighted by atomic mass is 10.0. The first kappa shape index (κ1) is 17.2. The normalized spacial score (nSPS) is 22.1. The van der Waals surface area contributed by atoms with Crippen LogP contribution in [0.1, 0.15) is 37.7 Å². The molecule has 2 aromatic rings. The van der Waals surface area contributed by atoms with Gasteiger partial charge in [-0.25, -0.2) is 9.97 Å². The van der Waals surface area contributed by atoms with Crippen molar-refractivity contribution in [3.05, 3.63) is 17.3 Å². The summed E-state index contributed by atoms with van der Waals surface area (Å²) in [6.45, 7) is 7.38. The average Bonchev–Trinajstić information content (AvgIpc) is 3.29. The van der Waals surface area contributed by atoms with Crippen molar-refractivity contribution < 1.29 is 4.74 Å². The van der Waals surface area contributed by atoms with Gasteiger partial charge in [0.2, 0.25) is 0 Å². The van der Waals surface area contributed by atoms with Crippen LogP contribution in [0.2, 0.25) is 0 Å². The lowest BCUT2D eigenvalue weighted by Crippen LogP contribution is -2.43. The Bertz CT molecular complexity index is 690. The Kier molecular flexibility index (Phi) is 5.48. The van der Waals surface area contributed by atoms with E-state index in [1.165, 1.54) is 42.4 Å². The average molecular weight is 361 g/mol. The number of fused-ring (bicyclic) bond motifs is 1. The van der Waals surface area contributed by atoms with E-state index in [1.807, 2.05) is 0 Å². The number of thiophene rings is 1. The molecule has 0 spiro atoms. The molecule has 1 atom stereocenters. The Hall–Kier alpha value is -1.24. The molecule has 0 aromatic carbocycles. The molecule has 0 aliphatic carbocycles. The highest BCUT2D eigenvalue weighted by atomic mass is 32.1. The molecule has 2 fully saturated rings. The number of hydrogen-bond acceptors (Lipinski definition) is 6. The van der Waals surface area contributed by atoms with Gasteiger partial charge in [-0.05, 0) is 62.4 Å². The number of rotatable bonds is 6. The molecule has 136 valence electrons. The number of ether oxygens (including phenoxy) is 1. The van der Waals surface area contributed by atoms with Gasteiger partial charge in [0.15, 0.2) is 0 Å². The second-order valence-corrected chi connectivity index (χ2v) is 8.26. The van der Waals surface area contributed by atoms with Crippen LogP contribution in [-0.2, 0) is 4.74 Å². The van der Waals surface area contributed by atoms with Gasteiger partial charge in [-0.2, -0.15) is 0 Å². The molecule has 4 rings (SSSR count). The van der Waals surface area contributed by atoms with Gasteiger partial charge in [0.1, 0.15) is 12.1 Å². The van der Waals surface area contributed by atoms with E-state index in [-0.39, 0.29) is 0 Å². The minimum Gasteiger partial charge on any atom is -0.381 e. The lowest BCUT2D eigenvalue weighted by molar-refractivity contribution is 0.183. The van der Waals surface area contributed by atoms with Crippen LogP contribution in [0.5, 0.6) is 0 Å². The molecule has 2 aromatic heterocycles. The first-order valence-electron chi connectivity index (χ1n) is 9.56. The van der Waals surface area contributed by atoms with E-state index in [4.69, 9.17) is 4.74 Å². The van der Waals surface area contributed by atoms with Crippen LogP contribution in [0.25, 0.3) is 10.2 Å². The van der Waals surface area contributed by atoms with E-state index in [1.54, 1.807) is 17.7 Å². The number of nitrogens with one attached hydrogen (secondary N) is 1. The molecule has 0 unspecified atom stereocenters. The minimum atomic E-state index is 0.651. The minimum absolute atomic E-state index is 0.651. The summed E-state index contributed by atoms with van der Waals surface area (Å²) >= 11 is 1.77. The molecule has 4 heterocycles. The van der Waals surface area contributed by atoms with Crippen molar-refractivity contribution in [2.24, 2.45) is 5.92 Å². The van der Waals surface area contributed by atoms with Gasteiger partial charge in [0.25, 0.3) is 0 Å². The fourth-order valence-electron chi connectivity index (χ4n) is 3.99. The molecule has 2 aliphatic heterocycles. The van der Waals surface area contributed by atoms with E-state index in [0.29, 0.717) is 6.04 Å². The highest BCUT2D eigenvalue weighted by molar-refractivity contribution is 7.18. The Morgan fingerprint density at radius 1 is 1.28 bits per heavy atom. The Morgan fingerprint density at radius 3 is 2.96 bits per heavy atom. The third kappa shape index (κ3) is 3.96. The number of piperidine rings is 1. The van der Waals surface area contributed by atoms with Crippen molar-refractivity contribution in [1.29, 1.82) is 0 Å². The third-order valence-electron chi connectivity index (χ3n) is 5.55. The van der Waals surface area contributed by atoms with Crippen molar-refractivity contribution >= 4 is 27.4 Å². The molecule has 2 saturated heterocycles. The van der Waals surface area contributed by atoms with Crippen LogP contribution < -0.4 is 10.2 Å². The largest absolute Gasteiger partial charge is 0.381 e. The van der Waals surface area contributed by atoms with Gasteiger partial charge in [0, 0.05) is 32.3 Å². The van der Waals surface area contributed by atoms with Gasteiger partial charge in [-0.1, -0.05) is 0 Å². The predicted octanol–water partition coefficient (Wildman–Crippen LogP) is 3.37. The fourth-order valence-corrected chi connectivity index (χ4v) is 5.00. The van der Waals surface area contributed by atoms with E-state index < -0.39 is 0 Å². The standard InChI is InChI=1S/C19H28N4OS/c1-14-12-25-18-17(14)21-13-22-19(18)23-8-4-16(5-9-23)20-7-2-3-15-6-10-24-11-15/h12-13,15-16,20H,2-11H2,1H3/t15-/m0/s1. The van der Waals surface area contributed by atoms with Crippen molar-refractivity contribution in [3.63, 3.8) is 0 Å². The molecule has 1 N–H and O–H groups in total. The van der Waals surface area contributed by atoms with Crippen LogP contribution in [0, 0.1) is 12.8 Å². The molecule has 25 heavy (non-hydrogen) atoms. The third-order valence-corrected chi connectivity index (χ3v) is 6.64. The summed E-state index contributed by atoms with van der Waals surface area (Å²) in [6, 6.07) is 0.651. The number of anilines is 1. The van der Waals surface area contributed by atoms with Crippen molar-refractivity contribution in [2.45, 2.75) is 45.1 Å². The van der Waals surface area contributed by atoms with Crippen LogP contribution in [0.4, 0.5) is 5.82 Å². The maximum absolute atomic E-state index is 5.45. The maximum Gasteiger partial charge on any atom is 0.150 e. The highest BCUT2D eigenvalue weighted by Crippen LogP contribution is 2.32. The van der Waals surface area contributed by atoms with Crippen molar-refractivity contribution in [1.82, 2.24) is 15.3 Å². The zero-order valence-corrected chi connectivity index (χ0v) is 15.9. The summed E-state index contributed by atoms with van der Waals surface area (Å²) in [4.78, 5) is 11.5. The smallest absolute Gasteiger partial charge is 0.150 e. The monoisotopic (exact) mass is 360 g/mol. The highest BCUT2D eigenvalue weighted by Gasteiger charge is 2.22. The van der Waals surface area contributed by atoms with Crippen molar-refractivity contribution in [2.75, 3.05) is 37.7 Å². The molecule has 5 nitrogen and oxygen atoms in total. The summed E-state index contributed by atoms with van der Waals surface area (Å²) in [5, 5.41) is 5.95. The summed E-state index contributed by atoms with van der Waals surface area (Å²) in [7, 11) is 0. The Morgan fingerprint density at radius 2 is 2.16 bits per heavy atom. The van der Waals surface area contributed by atoms with Crippen LogP contribution in [-0.4, -0.2) is 48.9 Å². The quantitative estimate of drug-likeness (QED) is 0.801. The topological polar surface area (TPSA) is 50.3 Å². The first-order chi connectivity index (χ1) is 12.3. The van der Waals surface area contributed by atoms with E-state index in [2.05, 4.69) is 32.5 Å². The fraction of sp³-hybridized carbons (Fsp3) is 0.684. The van der Waals surface area contributed by atoms with Crippen LogP contribution >= 0.6 is 11.3 Å². The zero-order chi connectivity index (χ0) is 17.1.